The minimum atomic E-state index is -1.52. The molecule has 2 aromatic rings. The molecule has 0 amide bonds. The van der Waals surface area contributed by atoms with Crippen molar-refractivity contribution in [2.45, 2.75) is 12.5 Å². The van der Waals surface area contributed by atoms with Crippen LogP contribution in [0.25, 0.3) is 11.3 Å². The minimum Gasteiger partial charge on any atom is -0.481 e. The molecule has 1 aromatic heterocycles. The third-order valence-electron chi connectivity index (χ3n) is 3.81. The van der Waals surface area contributed by atoms with Gasteiger partial charge in [-0.15, -0.1) is 0 Å². The lowest BCUT2D eigenvalue weighted by Crippen LogP contribution is -2.37. The summed E-state index contributed by atoms with van der Waals surface area (Å²) in [4.78, 5) is 15.6. The molecular formula is C15H13NO3. The van der Waals surface area contributed by atoms with Crippen LogP contribution in [0.4, 0.5) is 0 Å². The number of hydrogen-bond acceptors (Lipinski definition) is 3. The Morgan fingerprint density at radius 2 is 1.89 bits per heavy atom. The first kappa shape index (κ1) is 11.9. The quantitative estimate of drug-likeness (QED) is 0.861. The number of pyridine rings is 1. The Kier molecular flexibility index (Phi) is 2.43. The number of aliphatic hydroxyl groups is 1. The van der Waals surface area contributed by atoms with Crippen molar-refractivity contribution < 1.29 is 15.0 Å². The van der Waals surface area contributed by atoms with E-state index in [1.165, 1.54) is 6.92 Å². The zero-order valence-electron chi connectivity index (χ0n) is 10.4. The average Bonchev–Trinajstić information content (AvgIpc) is 2.70. The largest absolute Gasteiger partial charge is 0.481 e. The second kappa shape index (κ2) is 3.90. The molecule has 0 aliphatic heterocycles. The molecule has 3 rings (SSSR count). The highest BCUT2D eigenvalue weighted by atomic mass is 16.4. The summed E-state index contributed by atoms with van der Waals surface area (Å²) in [7, 11) is 0. The van der Waals surface area contributed by atoms with Gasteiger partial charge in [0.15, 0.2) is 0 Å². The molecule has 0 spiro atoms. The predicted octanol–water partition coefficient (Wildman–Crippen LogP) is 2.02. The molecular weight excluding hydrogens is 242 g/mol. The Balaban J connectivity index is 2.34. The molecule has 19 heavy (non-hydrogen) atoms. The number of aromatic nitrogens is 1. The Labute approximate surface area is 110 Å². The number of rotatable bonds is 2. The van der Waals surface area contributed by atoms with E-state index in [0.717, 1.165) is 5.56 Å². The summed E-state index contributed by atoms with van der Waals surface area (Å²) in [6.45, 7) is 1.52. The summed E-state index contributed by atoms with van der Waals surface area (Å²) in [5.74, 6) is -1.98. The highest BCUT2D eigenvalue weighted by Crippen LogP contribution is 2.49. The zero-order chi connectivity index (χ0) is 13.6. The first-order chi connectivity index (χ1) is 9.06. The lowest BCUT2D eigenvalue weighted by atomic mass is 9.80. The number of carboxylic acids is 1. The van der Waals surface area contributed by atoms with E-state index in [9.17, 15) is 15.0 Å². The Morgan fingerprint density at radius 1 is 1.21 bits per heavy atom. The van der Waals surface area contributed by atoms with Crippen molar-refractivity contribution in [2.24, 2.45) is 5.92 Å². The van der Waals surface area contributed by atoms with Crippen LogP contribution in [0.2, 0.25) is 0 Å². The fourth-order valence-electron chi connectivity index (χ4n) is 2.74. The summed E-state index contributed by atoms with van der Waals surface area (Å²) < 4.78 is 0. The average molecular weight is 255 g/mol. The minimum absolute atomic E-state index is 0.561. The van der Waals surface area contributed by atoms with E-state index in [2.05, 4.69) is 4.98 Å². The standard InChI is InChI=1S/C15H13NO3/c1-9(14(17)18)15(19)11-6-3-2-5-10(11)13-12(15)7-4-8-16-13/h2-9,19H,1H3,(H,17,18). The van der Waals surface area contributed by atoms with E-state index in [1.807, 2.05) is 12.1 Å². The highest BCUT2D eigenvalue weighted by molar-refractivity contribution is 5.82. The number of nitrogens with zero attached hydrogens (tertiary/aromatic N) is 1. The molecule has 0 radical (unpaired) electrons. The lowest BCUT2D eigenvalue weighted by Gasteiger charge is -2.29. The number of fused-ring (bicyclic) bond motifs is 3. The van der Waals surface area contributed by atoms with Crippen molar-refractivity contribution in [1.29, 1.82) is 0 Å². The summed E-state index contributed by atoms with van der Waals surface area (Å²) in [5, 5.41) is 20.3. The molecule has 0 saturated heterocycles. The third kappa shape index (κ3) is 1.43. The molecule has 0 saturated carbocycles. The van der Waals surface area contributed by atoms with Crippen LogP contribution in [0.5, 0.6) is 0 Å². The summed E-state index contributed by atoms with van der Waals surface area (Å²) in [6, 6.07) is 10.7. The summed E-state index contributed by atoms with van der Waals surface area (Å²) in [6.07, 6.45) is 1.65. The van der Waals surface area contributed by atoms with Crippen molar-refractivity contribution in [3.8, 4) is 11.3 Å². The van der Waals surface area contributed by atoms with Crippen LogP contribution in [0.15, 0.2) is 42.6 Å². The fraction of sp³-hybridized carbons (Fsp3) is 0.200. The number of aliphatic carboxylic acids is 1. The molecule has 0 bridgehead atoms. The van der Waals surface area contributed by atoms with E-state index in [0.29, 0.717) is 16.8 Å². The van der Waals surface area contributed by atoms with Gasteiger partial charge in [-0.05, 0) is 18.6 Å². The van der Waals surface area contributed by atoms with Crippen molar-refractivity contribution in [1.82, 2.24) is 4.98 Å². The summed E-state index contributed by atoms with van der Waals surface area (Å²) >= 11 is 0. The normalized spacial score (nSPS) is 21.6. The van der Waals surface area contributed by atoms with Gasteiger partial charge in [0.25, 0.3) is 0 Å². The van der Waals surface area contributed by atoms with Crippen molar-refractivity contribution >= 4 is 5.97 Å². The molecule has 2 atom stereocenters. The molecule has 2 unspecified atom stereocenters. The van der Waals surface area contributed by atoms with Gasteiger partial charge >= 0.3 is 5.97 Å². The van der Waals surface area contributed by atoms with Gasteiger partial charge in [0.2, 0.25) is 0 Å². The molecule has 96 valence electrons. The van der Waals surface area contributed by atoms with Crippen LogP contribution < -0.4 is 0 Å². The van der Waals surface area contributed by atoms with E-state index >= 15 is 0 Å². The maximum atomic E-state index is 11.3. The predicted molar refractivity (Wildman–Crippen MR) is 69.5 cm³/mol. The number of hydrogen-bond donors (Lipinski definition) is 2. The first-order valence-electron chi connectivity index (χ1n) is 6.07. The SMILES string of the molecule is CC(C(=O)O)C1(O)c2ccccc2-c2ncccc21. The maximum Gasteiger partial charge on any atom is 0.309 e. The second-order valence-corrected chi connectivity index (χ2v) is 4.77. The van der Waals surface area contributed by atoms with E-state index < -0.39 is 17.5 Å². The Bertz CT molecular complexity index is 620. The number of carbonyl (C=O) groups is 1. The summed E-state index contributed by atoms with van der Waals surface area (Å²) in [5.41, 5.74) is 1.11. The molecule has 2 N–H and O–H groups in total. The van der Waals surface area contributed by atoms with E-state index in [-0.39, 0.29) is 0 Å². The van der Waals surface area contributed by atoms with Crippen LogP contribution in [-0.2, 0) is 10.4 Å². The first-order valence-corrected chi connectivity index (χ1v) is 6.07. The van der Waals surface area contributed by atoms with Gasteiger partial charge in [-0.3, -0.25) is 9.78 Å². The molecule has 4 heteroatoms. The van der Waals surface area contributed by atoms with Gasteiger partial charge in [0, 0.05) is 17.3 Å². The van der Waals surface area contributed by atoms with Crippen molar-refractivity contribution in [2.75, 3.05) is 0 Å². The zero-order valence-corrected chi connectivity index (χ0v) is 10.4. The van der Waals surface area contributed by atoms with Gasteiger partial charge in [-0.25, -0.2) is 0 Å². The molecule has 1 aliphatic rings. The molecule has 1 heterocycles. The van der Waals surface area contributed by atoms with Crippen LogP contribution in [0.1, 0.15) is 18.1 Å². The number of carboxylic acid groups (broad SMARTS) is 1. The topological polar surface area (TPSA) is 70.4 Å². The second-order valence-electron chi connectivity index (χ2n) is 4.77. The highest BCUT2D eigenvalue weighted by Gasteiger charge is 2.49. The molecule has 1 aliphatic carbocycles. The monoisotopic (exact) mass is 255 g/mol. The molecule has 4 nitrogen and oxygen atoms in total. The van der Waals surface area contributed by atoms with Crippen LogP contribution in [-0.4, -0.2) is 21.2 Å². The Morgan fingerprint density at radius 3 is 2.63 bits per heavy atom. The van der Waals surface area contributed by atoms with Gasteiger partial charge in [0.1, 0.15) is 5.60 Å². The smallest absolute Gasteiger partial charge is 0.309 e. The Hall–Kier alpha value is -2.20. The van der Waals surface area contributed by atoms with E-state index in [1.54, 1.807) is 30.5 Å². The van der Waals surface area contributed by atoms with Crippen LogP contribution >= 0.6 is 0 Å². The fourth-order valence-corrected chi connectivity index (χ4v) is 2.74. The van der Waals surface area contributed by atoms with E-state index in [4.69, 9.17) is 0 Å². The number of benzene rings is 1. The van der Waals surface area contributed by atoms with Gasteiger partial charge in [-0.2, -0.15) is 0 Å². The maximum absolute atomic E-state index is 11.3. The van der Waals surface area contributed by atoms with Crippen molar-refractivity contribution in [3.63, 3.8) is 0 Å². The molecule has 1 aromatic carbocycles. The van der Waals surface area contributed by atoms with Gasteiger partial charge < -0.3 is 10.2 Å². The van der Waals surface area contributed by atoms with Crippen molar-refractivity contribution in [3.05, 3.63) is 53.7 Å². The van der Waals surface area contributed by atoms with Gasteiger partial charge in [0.05, 0.1) is 11.6 Å². The van der Waals surface area contributed by atoms with Crippen LogP contribution in [0.3, 0.4) is 0 Å². The molecule has 0 fully saturated rings. The van der Waals surface area contributed by atoms with Gasteiger partial charge in [-0.1, -0.05) is 30.3 Å². The third-order valence-corrected chi connectivity index (χ3v) is 3.81. The lowest BCUT2D eigenvalue weighted by molar-refractivity contribution is -0.148. The van der Waals surface area contributed by atoms with Crippen LogP contribution in [0, 0.1) is 5.92 Å².